The lowest BCUT2D eigenvalue weighted by Gasteiger charge is -2.30. The molecule has 4 nitrogen and oxygen atoms in total. The van der Waals surface area contributed by atoms with Gasteiger partial charge in [-0.05, 0) is 37.3 Å². The molecule has 0 radical (unpaired) electrons. The van der Waals surface area contributed by atoms with E-state index in [1.165, 1.54) is 31.5 Å². The lowest BCUT2D eigenvalue weighted by atomic mass is 10.0. The van der Waals surface area contributed by atoms with Crippen molar-refractivity contribution >= 4 is 5.57 Å². The van der Waals surface area contributed by atoms with E-state index in [0.717, 1.165) is 37.3 Å². The molecule has 122 valence electrons. The third-order valence-electron chi connectivity index (χ3n) is 4.71. The van der Waals surface area contributed by atoms with Crippen molar-refractivity contribution in [3.05, 3.63) is 53.4 Å². The largest absolute Gasteiger partial charge is 0.358 e. The molecule has 0 N–H and O–H groups in total. The SMILES string of the molecule is N#CC(C#N)=C(C=C(N1CCCC1)N1CCCC1)c1ccccc1. The molecule has 0 aromatic heterocycles. The van der Waals surface area contributed by atoms with E-state index in [4.69, 9.17) is 0 Å². The van der Waals surface area contributed by atoms with Crippen LogP contribution in [0, 0.1) is 22.7 Å². The number of hydrogen-bond donors (Lipinski definition) is 0. The van der Waals surface area contributed by atoms with Gasteiger partial charge in [0, 0.05) is 31.8 Å². The van der Waals surface area contributed by atoms with Gasteiger partial charge in [0.2, 0.25) is 0 Å². The average molecular weight is 318 g/mol. The molecular weight excluding hydrogens is 296 g/mol. The van der Waals surface area contributed by atoms with E-state index in [0.29, 0.717) is 0 Å². The van der Waals surface area contributed by atoms with Crippen LogP contribution in [0.3, 0.4) is 0 Å². The van der Waals surface area contributed by atoms with Crippen molar-refractivity contribution < 1.29 is 0 Å². The number of allylic oxidation sites excluding steroid dienone is 3. The summed E-state index contributed by atoms with van der Waals surface area (Å²) in [4.78, 5) is 4.81. The van der Waals surface area contributed by atoms with Gasteiger partial charge in [-0.1, -0.05) is 30.3 Å². The van der Waals surface area contributed by atoms with Crippen molar-refractivity contribution in [1.29, 1.82) is 10.5 Å². The van der Waals surface area contributed by atoms with Gasteiger partial charge >= 0.3 is 0 Å². The number of nitriles is 2. The third-order valence-corrected chi connectivity index (χ3v) is 4.71. The monoisotopic (exact) mass is 318 g/mol. The molecule has 2 aliphatic heterocycles. The Balaban J connectivity index is 2.07. The Morgan fingerprint density at radius 2 is 1.33 bits per heavy atom. The summed E-state index contributed by atoms with van der Waals surface area (Å²) in [5.41, 5.74) is 1.83. The van der Waals surface area contributed by atoms with Gasteiger partial charge in [0.15, 0.2) is 0 Å². The fourth-order valence-electron chi connectivity index (χ4n) is 3.47. The number of hydrogen-bond acceptors (Lipinski definition) is 4. The van der Waals surface area contributed by atoms with Crippen molar-refractivity contribution in [1.82, 2.24) is 9.80 Å². The summed E-state index contributed by atoms with van der Waals surface area (Å²) in [6.45, 7) is 4.22. The Morgan fingerprint density at radius 1 is 0.833 bits per heavy atom. The van der Waals surface area contributed by atoms with Crippen LogP contribution in [0.1, 0.15) is 31.2 Å². The van der Waals surface area contributed by atoms with Crippen LogP contribution in [-0.4, -0.2) is 36.0 Å². The molecule has 2 saturated heterocycles. The van der Waals surface area contributed by atoms with Crippen molar-refractivity contribution in [2.24, 2.45) is 0 Å². The quantitative estimate of drug-likeness (QED) is 0.629. The van der Waals surface area contributed by atoms with Crippen molar-refractivity contribution in [3.63, 3.8) is 0 Å². The van der Waals surface area contributed by atoms with Crippen LogP contribution < -0.4 is 0 Å². The van der Waals surface area contributed by atoms with Gasteiger partial charge in [-0.3, -0.25) is 0 Å². The summed E-state index contributed by atoms with van der Waals surface area (Å²) in [6, 6.07) is 13.9. The summed E-state index contributed by atoms with van der Waals surface area (Å²) in [5, 5.41) is 18.8. The number of likely N-dealkylation sites (tertiary alicyclic amines) is 2. The zero-order valence-corrected chi connectivity index (χ0v) is 13.9. The molecule has 1 aromatic rings. The minimum atomic E-state index is 0.178. The van der Waals surface area contributed by atoms with E-state index in [2.05, 4.69) is 28.0 Å². The van der Waals surface area contributed by atoms with E-state index in [1.807, 2.05) is 30.3 Å². The molecule has 1 aromatic carbocycles. The molecule has 0 unspecified atom stereocenters. The smallest absolute Gasteiger partial charge is 0.137 e. The highest BCUT2D eigenvalue weighted by molar-refractivity contribution is 5.82. The first kappa shape index (κ1) is 16.1. The average Bonchev–Trinajstić information content (AvgIpc) is 3.33. The Hall–Kier alpha value is -2.72. The van der Waals surface area contributed by atoms with E-state index < -0.39 is 0 Å². The molecule has 0 spiro atoms. The van der Waals surface area contributed by atoms with Crippen LogP contribution in [-0.2, 0) is 0 Å². The first-order valence-corrected chi connectivity index (χ1v) is 8.65. The van der Waals surface area contributed by atoms with Gasteiger partial charge in [0.05, 0.1) is 0 Å². The highest BCUT2D eigenvalue weighted by Gasteiger charge is 2.23. The van der Waals surface area contributed by atoms with Crippen molar-refractivity contribution in [3.8, 4) is 12.1 Å². The van der Waals surface area contributed by atoms with Crippen LogP contribution in [0.4, 0.5) is 0 Å². The maximum Gasteiger partial charge on any atom is 0.137 e. The second kappa shape index (κ2) is 7.70. The molecule has 3 rings (SSSR count). The zero-order chi connectivity index (χ0) is 16.8. The summed E-state index contributed by atoms with van der Waals surface area (Å²) in [7, 11) is 0. The molecule has 0 aliphatic carbocycles. The first-order valence-electron chi connectivity index (χ1n) is 8.65. The molecular formula is C20H22N4. The molecule has 0 saturated carbocycles. The molecule has 2 fully saturated rings. The molecule has 24 heavy (non-hydrogen) atoms. The van der Waals surface area contributed by atoms with Crippen LogP contribution >= 0.6 is 0 Å². The second-order valence-electron chi connectivity index (χ2n) is 6.27. The lowest BCUT2D eigenvalue weighted by molar-refractivity contribution is 0.270. The zero-order valence-electron chi connectivity index (χ0n) is 13.9. The fraction of sp³-hybridized carbons (Fsp3) is 0.400. The number of rotatable bonds is 4. The van der Waals surface area contributed by atoms with Gasteiger partial charge in [0.25, 0.3) is 0 Å². The van der Waals surface area contributed by atoms with Gasteiger partial charge in [-0.25, -0.2) is 0 Å². The normalized spacial score (nSPS) is 16.4. The van der Waals surface area contributed by atoms with E-state index in [-0.39, 0.29) is 5.57 Å². The van der Waals surface area contributed by atoms with Gasteiger partial charge < -0.3 is 9.80 Å². The number of benzene rings is 1. The van der Waals surface area contributed by atoms with Gasteiger partial charge in [-0.2, -0.15) is 10.5 Å². The highest BCUT2D eigenvalue weighted by atomic mass is 15.3. The molecule has 0 bridgehead atoms. The van der Waals surface area contributed by atoms with Gasteiger partial charge in [0.1, 0.15) is 23.5 Å². The molecule has 0 atom stereocenters. The molecule has 4 heteroatoms. The lowest BCUT2D eigenvalue weighted by Crippen LogP contribution is -2.32. The van der Waals surface area contributed by atoms with E-state index in [9.17, 15) is 10.5 Å². The van der Waals surface area contributed by atoms with Gasteiger partial charge in [-0.15, -0.1) is 0 Å². The maximum atomic E-state index is 9.41. The predicted molar refractivity (Wildman–Crippen MR) is 94.3 cm³/mol. The molecule has 2 heterocycles. The standard InChI is InChI=1S/C20H22N4/c21-15-18(16-22)19(17-8-2-1-3-9-17)14-20(23-10-4-5-11-23)24-12-6-7-13-24/h1-3,8-9,14H,4-7,10-13H2. The third kappa shape index (κ3) is 3.44. The topological polar surface area (TPSA) is 54.1 Å². The summed E-state index contributed by atoms with van der Waals surface area (Å²) in [6.07, 6.45) is 6.89. The van der Waals surface area contributed by atoms with Crippen LogP contribution in [0.15, 0.2) is 47.8 Å². The molecule has 2 aliphatic rings. The second-order valence-corrected chi connectivity index (χ2v) is 6.27. The van der Waals surface area contributed by atoms with Crippen LogP contribution in [0.25, 0.3) is 5.57 Å². The Labute approximate surface area is 143 Å². The highest BCUT2D eigenvalue weighted by Crippen LogP contribution is 2.28. The summed E-state index contributed by atoms with van der Waals surface area (Å²) in [5.74, 6) is 1.17. The maximum absolute atomic E-state index is 9.41. The number of nitrogens with zero attached hydrogens (tertiary/aromatic N) is 4. The Bertz CT molecular complexity index is 672. The van der Waals surface area contributed by atoms with Crippen LogP contribution in [0.5, 0.6) is 0 Å². The summed E-state index contributed by atoms with van der Waals surface area (Å²) < 4.78 is 0. The van der Waals surface area contributed by atoms with E-state index >= 15 is 0 Å². The minimum Gasteiger partial charge on any atom is -0.358 e. The van der Waals surface area contributed by atoms with Crippen molar-refractivity contribution in [2.45, 2.75) is 25.7 Å². The fourth-order valence-corrected chi connectivity index (χ4v) is 3.47. The van der Waals surface area contributed by atoms with Crippen molar-refractivity contribution in [2.75, 3.05) is 26.2 Å². The van der Waals surface area contributed by atoms with Crippen LogP contribution in [0.2, 0.25) is 0 Å². The predicted octanol–water partition coefficient (Wildman–Crippen LogP) is 3.52. The minimum absolute atomic E-state index is 0.178. The molecule has 0 amide bonds. The van der Waals surface area contributed by atoms with E-state index in [1.54, 1.807) is 0 Å². The Kier molecular flexibility index (Phi) is 5.18. The Morgan fingerprint density at radius 3 is 1.79 bits per heavy atom. The summed E-state index contributed by atoms with van der Waals surface area (Å²) >= 11 is 0. The first-order chi connectivity index (χ1) is 11.8.